The molecule has 0 bridgehead atoms. The fourth-order valence-corrected chi connectivity index (χ4v) is 3.56. The number of anilines is 1. The van der Waals surface area contributed by atoms with Gasteiger partial charge in [-0.15, -0.1) is 0 Å². The SMILES string of the molecule is Cc1c(N)c(C)c(C(O)c2ccc(C(C)C)cc2)c2c1CC(C)O2. The third-order valence-electron chi connectivity index (χ3n) is 5.19. The Balaban J connectivity index is 2.09. The first-order valence-corrected chi connectivity index (χ1v) is 8.67. The van der Waals surface area contributed by atoms with Crippen molar-refractivity contribution in [3.63, 3.8) is 0 Å². The van der Waals surface area contributed by atoms with E-state index in [1.54, 1.807) is 0 Å². The number of nitrogens with two attached hydrogens (primary N) is 1. The van der Waals surface area contributed by atoms with Crippen molar-refractivity contribution in [1.29, 1.82) is 0 Å². The number of hydrogen-bond acceptors (Lipinski definition) is 3. The summed E-state index contributed by atoms with van der Waals surface area (Å²) in [5, 5.41) is 11.0. The van der Waals surface area contributed by atoms with E-state index in [0.717, 1.165) is 45.7 Å². The van der Waals surface area contributed by atoms with E-state index >= 15 is 0 Å². The molecular weight excluding hydrogens is 298 g/mol. The highest BCUT2D eigenvalue weighted by atomic mass is 16.5. The summed E-state index contributed by atoms with van der Waals surface area (Å²) in [4.78, 5) is 0. The topological polar surface area (TPSA) is 55.5 Å². The molecule has 1 aliphatic rings. The molecular formula is C21H27NO2. The van der Waals surface area contributed by atoms with Crippen LogP contribution in [0.3, 0.4) is 0 Å². The van der Waals surface area contributed by atoms with Crippen molar-refractivity contribution in [2.45, 2.75) is 59.2 Å². The van der Waals surface area contributed by atoms with Gasteiger partial charge in [0.2, 0.25) is 0 Å². The summed E-state index contributed by atoms with van der Waals surface area (Å²) < 4.78 is 6.04. The van der Waals surface area contributed by atoms with E-state index in [-0.39, 0.29) is 6.10 Å². The second-order valence-corrected chi connectivity index (χ2v) is 7.24. The lowest BCUT2D eigenvalue weighted by atomic mass is 9.89. The highest BCUT2D eigenvalue weighted by Gasteiger charge is 2.31. The van der Waals surface area contributed by atoms with Crippen molar-refractivity contribution in [3.05, 3.63) is 57.6 Å². The van der Waals surface area contributed by atoms with Gasteiger partial charge in [0.05, 0.1) is 0 Å². The number of aliphatic hydroxyl groups is 1. The van der Waals surface area contributed by atoms with E-state index in [1.165, 1.54) is 5.56 Å². The second-order valence-electron chi connectivity index (χ2n) is 7.24. The monoisotopic (exact) mass is 325 g/mol. The zero-order chi connectivity index (χ0) is 17.6. The van der Waals surface area contributed by atoms with E-state index in [9.17, 15) is 5.11 Å². The van der Waals surface area contributed by atoms with Crippen molar-refractivity contribution in [2.75, 3.05) is 5.73 Å². The summed E-state index contributed by atoms with van der Waals surface area (Å²) in [6, 6.07) is 8.17. The standard InChI is InChI=1S/C21H27NO2/c1-11(2)15-6-8-16(9-7-15)20(23)18-14(5)19(22)13(4)17-10-12(3)24-21(17)18/h6-9,11-12,20,23H,10,22H2,1-5H3. The highest BCUT2D eigenvalue weighted by molar-refractivity contribution is 5.68. The Bertz CT molecular complexity index is 763. The third-order valence-corrected chi connectivity index (χ3v) is 5.19. The summed E-state index contributed by atoms with van der Waals surface area (Å²) in [7, 11) is 0. The van der Waals surface area contributed by atoms with E-state index < -0.39 is 6.10 Å². The van der Waals surface area contributed by atoms with Gasteiger partial charge in [0.15, 0.2) is 0 Å². The predicted molar refractivity (Wildman–Crippen MR) is 98.7 cm³/mol. The number of aliphatic hydroxyl groups excluding tert-OH is 1. The Hall–Kier alpha value is -2.00. The minimum absolute atomic E-state index is 0.120. The lowest BCUT2D eigenvalue weighted by molar-refractivity contribution is 0.203. The molecule has 3 N–H and O–H groups in total. The number of ether oxygens (including phenoxy) is 1. The van der Waals surface area contributed by atoms with Crippen LogP contribution in [0.15, 0.2) is 24.3 Å². The largest absolute Gasteiger partial charge is 0.490 e. The molecule has 128 valence electrons. The van der Waals surface area contributed by atoms with Crippen molar-refractivity contribution >= 4 is 5.69 Å². The van der Waals surface area contributed by atoms with Crippen LogP contribution in [0.1, 0.15) is 66.2 Å². The summed E-state index contributed by atoms with van der Waals surface area (Å²) in [5.41, 5.74) is 13.2. The Labute approximate surface area is 144 Å². The van der Waals surface area contributed by atoms with Crippen LogP contribution in [0.2, 0.25) is 0 Å². The summed E-state index contributed by atoms with van der Waals surface area (Å²) in [6.07, 6.45) is 0.236. The van der Waals surface area contributed by atoms with E-state index in [2.05, 4.69) is 32.9 Å². The third kappa shape index (κ3) is 2.67. The minimum Gasteiger partial charge on any atom is -0.490 e. The average molecular weight is 325 g/mol. The van der Waals surface area contributed by atoms with Crippen LogP contribution in [-0.2, 0) is 6.42 Å². The number of fused-ring (bicyclic) bond motifs is 1. The average Bonchev–Trinajstić information content (AvgIpc) is 2.94. The summed E-state index contributed by atoms with van der Waals surface area (Å²) in [6.45, 7) is 10.4. The first-order chi connectivity index (χ1) is 11.3. The Morgan fingerprint density at radius 3 is 2.25 bits per heavy atom. The molecule has 2 atom stereocenters. The lowest BCUT2D eigenvalue weighted by Gasteiger charge is -2.21. The maximum absolute atomic E-state index is 11.0. The van der Waals surface area contributed by atoms with Gasteiger partial charge < -0.3 is 15.6 Å². The number of nitrogen functional groups attached to an aromatic ring is 1. The summed E-state index contributed by atoms with van der Waals surface area (Å²) in [5.74, 6) is 1.30. The molecule has 3 rings (SSSR count). The summed E-state index contributed by atoms with van der Waals surface area (Å²) >= 11 is 0. The minimum atomic E-state index is -0.729. The van der Waals surface area contributed by atoms with Gasteiger partial charge in [-0.05, 0) is 48.9 Å². The Morgan fingerprint density at radius 2 is 1.67 bits per heavy atom. The Kier molecular flexibility index (Phi) is 4.31. The molecule has 0 aromatic heterocycles. The van der Waals surface area contributed by atoms with Gasteiger partial charge in [-0.1, -0.05) is 38.1 Å². The van der Waals surface area contributed by atoms with E-state index in [0.29, 0.717) is 5.92 Å². The Morgan fingerprint density at radius 1 is 1.08 bits per heavy atom. The van der Waals surface area contributed by atoms with Crippen LogP contribution in [0.4, 0.5) is 5.69 Å². The van der Waals surface area contributed by atoms with Crippen molar-refractivity contribution < 1.29 is 9.84 Å². The molecule has 0 fully saturated rings. The molecule has 2 aromatic rings. The number of hydrogen-bond donors (Lipinski definition) is 2. The highest BCUT2D eigenvalue weighted by Crippen LogP contribution is 2.44. The molecule has 2 unspecified atom stereocenters. The molecule has 0 spiro atoms. The molecule has 1 aliphatic heterocycles. The van der Waals surface area contributed by atoms with Crippen molar-refractivity contribution in [3.8, 4) is 5.75 Å². The van der Waals surface area contributed by atoms with Gasteiger partial charge in [-0.3, -0.25) is 0 Å². The molecule has 1 heterocycles. The van der Waals surface area contributed by atoms with Gasteiger partial charge in [-0.25, -0.2) is 0 Å². The van der Waals surface area contributed by atoms with Crippen LogP contribution in [0.5, 0.6) is 5.75 Å². The van der Waals surface area contributed by atoms with Gasteiger partial charge in [0.25, 0.3) is 0 Å². The quantitative estimate of drug-likeness (QED) is 0.822. The van der Waals surface area contributed by atoms with Crippen LogP contribution < -0.4 is 10.5 Å². The van der Waals surface area contributed by atoms with Gasteiger partial charge in [0.1, 0.15) is 18.0 Å². The van der Waals surface area contributed by atoms with Gasteiger partial charge in [-0.2, -0.15) is 0 Å². The first kappa shape index (κ1) is 16.8. The zero-order valence-corrected chi connectivity index (χ0v) is 15.2. The molecule has 24 heavy (non-hydrogen) atoms. The van der Waals surface area contributed by atoms with Crippen LogP contribution in [0.25, 0.3) is 0 Å². The zero-order valence-electron chi connectivity index (χ0n) is 15.2. The van der Waals surface area contributed by atoms with E-state index in [1.807, 2.05) is 26.0 Å². The second kappa shape index (κ2) is 6.14. The normalized spacial score (nSPS) is 17.7. The number of rotatable bonds is 3. The molecule has 0 amide bonds. The molecule has 0 saturated carbocycles. The van der Waals surface area contributed by atoms with Gasteiger partial charge in [0, 0.05) is 23.2 Å². The lowest BCUT2D eigenvalue weighted by Crippen LogP contribution is -2.10. The maximum Gasteiger partial charge on any atom is 0.129 e. The van der Waals surface area contributed by atoms with Crippen LogP contribution >= 0.6 is 0 Å². The van der Waals surface area contributed by atoms with Crippen molar-refractivity contribution in [2.24, 2.45) is 0 Å². The van der Waals surface area contributed by atoms with Crippen molar-refractivity contribution in [1.82, 2.24) is 0 Å². The van der Waals surface area contributed by atoms with Gasteiger partial charge >= 0.3 is 0 Å². The predicted octanol–water partition coefficient (Wildman–Crippen LogP) is 4.41. The molecule has 0 saturated heterocycles. The molecule has 2 aromatic carbocycles. The molecule has 3 nitrogen and oxygen atoms in total. The van der Waals surface area contributed by atoms with Crippen LogP contribution in [0, 0.1) is 13.8 Å². The van der Waals surface area contributed by atoms with E-state index in [4.69, 9.17) is 10.5 Å². The maximum atomic E-state index is 11.0. The smallest absolute Gasteiger partial charge is 0.129 e. The fraction of sp³-hybridized carbons (Fsp3) is 0.429. The number of benzene rings is 2. The molecule has 0 radical (unpaired) electrons. The fourth-order valence-electron chi connectivity index (χ4n) is 3.56. The molecule has 3 heteroatoms. The molecule has 0 aliphatic carbocycles. The van der Waals surface area contributed by atoms with Crippen LogP contribution in [-0.4, -0.2) is 11.2 Å². The first-order valence-electron chi connectivity index (χ1n) is 8.67.